The first-order valence-electron chi connectivity index (χ1n) is 8.92. The van der Waals surface area contributed by atoms with Crippen LogP contribution >= 0.6 is 0 Å². The summed E-state index contributed by atoms with van der Waals surface area (Å²) in [5.41, 5.74) is 1.58. The molecular weight excluding hydrogens is 364 g/mol. The van der Waals surface area contributed by atoms with Crippen molar-refractivity contribution < 1.29 is 24.6 Å². The highest BCUT2D eigenvalue weighted by Gasteiger charge is 2.16. The van der Waals surface area contributed by atoms with E-state index in [-0.39, 0.29) is 5.91 Å². The Hall–Kier alpha value is -3.36. The monoisotopic (exact) mass is 390 g/mol. The van der Waals surface area contributed by atoms with Crippen LogP contribution in [0.5, 0.6) is 0 Å². The van der Waals surface area contributed by atoms with Gasteiger partial charge in [0, 0.05) is 37.5 Å². The summed E-state index contributed by atoms with van der Waals surface area (Å²) in [6.07, 6.45) is 1.12. The van der Waals surface area contributed by atoms with Crippen LogP contribution in [0.15, 0.2) is 41.4 Å². The Bertz CT molecular complexity index is 726. The van der Waals surface area contributed by atoms with E-state index in [1.807, 2.05) is 43.0 Å². The SMILES string of the molecule is CCN(CC)C(=O)c1ccccc1NCC1=NCCN1.O=C(O)/C=C/C(=O)O. The average Bonchev–Trinajstić information content (AvgIpc) is 3.20. The van der Waals surface area contributed by atoms with Crippen molar-refractivity contribution in [2.24, 2.45) is 4.99 Å². The molecule has 0 bridgehead atoms. The van der Waals surface area contributed by atoms with E-state index < -0.39 is 11.9 Å². The maximum absolute atomic E-state index is 12.5. The highest BCUT2D eigenvalue weighted by molar-refractivity contribution is 6.00. The van der Waals surface area contributed by atoms with Gasteiger partial charge < -0.3 is 25.7 Å². The molecule has 1 aliphatic rings. The molecule has 152 valence electrons. The number of benzene rings is 1. The van der Waals surface area contributed by atoms with E-state index in [2.05, 4.69) is 15.6 Å². The molecule has 0 aromatic heterocycles. The lowest BCUT2D eigenvalue weighted by molar-refractivity contribution is -0.134. The largest absolute Gasteiger partial charge is 0.478 e. The molecule has 1 aromatic carbocycles. The molecule has 28 heavy (non-hydrogen) atoms. The van der Waals surface area contributed by atoms with Gasteiger partial charge in [-0.3, -0.25) is 9.79 Å². The van der Waals surface area contributed by atoms with Crippen molar-refractivity contribution in [3.8, 4) is 0 Å². The van der Waals surface area contributed by atoms with E-state index in [9.17, 15) is 14.4 Å². The van der Waals surface area contributed by atoms with E-state index in [1.54, 1.807) is 0 Å². The number of rotatable bonds is 8. The number of hydrogen-bond donors (Lipinski definition) is 4. The molecule has 0 unspecified atom stereocenters. The van der Waals surface area contributed by atoms with E-state index in [4.69, 9.17) is 10.2 Å². The fraction of sp³-hybridized carbons (Fsp3) is 0.368. The highest BCUT2D eigenvalue weighted by Crippen LogP contribution is 2.17. The molecule has 0 saturated heterocycles. The van der Waals surface area contributed by atoms with Crippen LogP contribution in [-0.2, 0) is 9.59 Å². The molecule has 2 rings (SSSR count). The number of carboxylic acids is 2. The Morgan fingerprint density at radius 3 is 2.25 bits per heavy atom. The number of amides is 1. The predicted octanol–water partition coefficient (Wildman–Crippen LogP) is 1.29. The molecule has 1 heterocycles. The molecule has 1 aromatic rings. The van der Waals surface area contributed by atoms with Crippen LogP contribution in [0.3, 0.4) is 0 Å². The lowest BCUT2D eigenvalue weighted by Gasteiger charge is -2.20. The van der Waals surface area contributed by atoms with Crippen molar-refractivity contribution >= 4 is 29.4 Å². The standard InChI is InChI=1S/C15H22N4O.C4H4O4/c1-3-19(4-2)15(20)12-7-5-6-8-13(12)18-11-14-16-9-10-17-14;5-3(6)1-2-4(7)8/h5-8,18H,3-4,9-11H2,1-2H3,(H,16,17);1-2H,(H,5,6)(H,7,8)/b;2-1+. The van der Waals surface area contributed by atoms with Gasteiger partial charge in [-0.25, -0.2) is 9.59 Å². The van der Waals surface area contributed by atoms with Crippen LogP contribution in [0.4, 0.5) is 5.69 Å². The Balaban J connectivity index is 0.000000416. The molecule has 0 saturated carbocycles. The number of aliphatic imine (C=N–C) groups is 1. The van der Waals surface area contributed by atoms with Gasteiger partial charge >= 0.3 is 11.9 Å². The van der Waals surface area contributed by atoms with Gasteiger partial charge in [0.1, 0.15) is 5.84 Å². The molecule has 0 aliphatic carbocycles. The maximum atomic E-state index is 12.5. The summed E-state index contributed by atoms with van der Waals surface area (Å²) in [7, 11) is 0. The van der Waals surface area contributed by atoms with Crippen molar-refractivity contribution in [1.82, 2.24) is 10.2 Å². The van der Waals surface area contributed by atoms with Crippen LogP contribution in [0.25, 0.3) is 0 Å². The maximum Gasteiger partial charge on any atom is 0.328 e. The number of nitrogens with zero attached hydrogens (tertiary/aromatic N) is 2. The minimum Gasteiger partial charge on any atom is -0.478 e. The molecule has 9 heteroatoms. The van der Waals surface area contributed by atoms with Gasteiger partial charge in [0.2, 0.25) is 0 Å². The van der Waals surface area contributed by atoms with Crippen molar-refractivity contribution in [1.29, 1.82) is 0 Å². The zero-order valence-corrected chi connectivity index (χ0v) is 16.0. The summed E-state index contributed by atoms with van der Waals surface area (Å²) in [6, 6.07) is 7.64. The summed E-state index contributed by atoms with van der Waals surface area (Å²) >= 11 is 0. The fourth-order valence-corrected chi connectivity index (χ4v) is 2.39. The topological polar surface area (TPSA) is 131 Å². The number of amidine groups is 1. The molecule has 1 aliphatic heterocycles. The molecule has 0 spiro atoms. The number of aliphatic carboxylic acids is 2. The van der Waals surface area contributed by atoms with Gasteiger partial charge in [-0.2, -0.15) is 0 Å². The second kappa shape index (κ2) is 12.1. The van der Waals surface area contributed by atoms with Crippen LogP contribution in [0.2, 0.25) is 0 Å². The molecule has 1 amide bonds. The summed E-state index contributed by atoms with van der Waals surface area (Å²) in [5.74, 6) is -1.49. The second-order valence-electron chi connectivity index (χ2n) is 5.64. The molecule has 0 fully saturated rings. The number of para-hydroxylation sites is 1. The van der Waals surface area contributed by atoms with Crippen molar-refractivity contribution in [2.75, 3.05) is 38.0 Å². The van der Waals surface area contributed by atoms with Gasteiger partial charge in [-0.15, -0.1) is 0 Å². The lowest BCUT2D eigenvalue weighted by atomic mass is 10.1. The molecule has 4 N–H and O–H groups in total. The summed E-state index contributed by atoms with van der Waals surface area (Å²) in [4.78, 5) is 37.7. The molecule has 0 radical (unpaired) electrons. The van der Waals surface area contributed by atoms with E-state index in [1.165, 1.54) is 0 Å². The van der Waals surface area contributed by atoms with Crippen LogP contribution in [0, 0.1) is 0 Å². The lowest BCUT2D eigenvalue weighted by Crippen LogP contribution is -2.32. The van der Waals surface area contributed by atoms with Crippen LogP contribution in [-0.4, -0.2) is 71.5 Å². The predicted molar refractivity (Wildman–Crippen MR) is 107 cm³/mol. The number of carbonyl (C=O) groups excluding carboxylic acids is 1. The van der Waals surface area contributed by atoms with E-state index in [0.717, 1.165) is 43.3 Å². The van der Waals surface area contributed by atoms with Gasteiger partial charge in [0.25, 0.3) is 5.91 Å². The van der Waals surface area contributed by atoms with Gasteiger partial charge in [-0.05, 0) is 26.0 Å². The number of carboxylic acid groups (broad SMARTS) is 2. The Kier molecular flexibility index (Phi) is 9.80. The first-order valence-corrected chi connectivity index (χ1v) is 8.92. The molecular formula is C19H26N4O5. The van der Waals surface area contributed by atoms with Crippen molar-refractivity contribution in [3.63, 3.8) is 0 Å². The smallest absolute Gasteiger partial charge is 0.328 e. The van der Waals surface area contributed by atoms with Gasteiger partial charge in [0.05, 0.1) is 18.7 Å². The quantitative estimate of drug-likeness (QED) is 0.492. The summed E-state index contributed by atoms with van der Waals surface area (Å²) < 4.78 is 0. The molecule has 9 nitrogen and oxygen atoms in total. The zero-order valence-electron chi connectivity index (χ0n) is 16.0. The third kappa shape index (κ3) is 7.90. The molecule has 0 atom stereocenters. The van der Waals surface area contributed by atoms with Crippen LogP contribution in [0.1, 0.15) is 24.2 Å². The van der Waals surface area contributed by atoms with Crippen LogP contribution < -0.4 is 10.6 Å². The highest BCUT2D eigenvalue weighted by atomic mass is 16.4. The Morgan fingerprint density at radius 1 is 1.14 bits per heavy atom. The Morgan fingerprint density at radius 2 is 1.75 bits per heavy atom. The minimum absolute atomic E-state index is 0.0689. The second-order valence-corrected chi connectivity index (χ2v) is 5.64. The number of hydrogen-bond acceptors (Lipinski definition) is 6. The van der Waals surface area contributed by atoms with Gasteiger partial charge in [0.15, 0.2) is 0 Å². The number of carbonyl (C=O) groups is 3. The summed E-state index contributed by atoms with van der Waals surface area (Å²) in [6.45, 7) is 7.79. The van der Waals surface area contributed by atoms with Crippen molar-refractivity contribution in [3.05, 3.63) is 42.0 Å². The minimum atomic E-state index is -1.26. The fourth-order valence-electron chi connectivity index (χ4n) is 2.39. The average molecular weight is 390 g/mol. The van der Waals surface area contributed by atoms with E-state index in [0.29, 0.717) is 18.7 Å². The summed E-state index contributed by atoms with van der Waals surface area (Å²) in [5, 5.41) is 22.1. The van der Waals surface area contributed by atoms with E-state index >= 15 is 0 Å². The van der Waals surface area contributed by atoms with Gasteiger partial charge in [-0.1, -0.05) is 12.1 Å². The first-order chi connectivity index (χ1) is 13.4. The third-order valence-electron chi connectivity index (χ3n) is 3.77. The normalized spacial score (nSPS) is 12.4. The first kappa shape index (κ1) is 22.7. The number of anilines is 1. The number of nitrogens with one attached hydrogen (secondary N) is 2. The Labute approximate surface area is 163 Å². The van der Waals surface area contributed by atoms with Crippen molar-refractivity contribution in [2.45, 2.75) is 13.8 Å². The third-order valence-corrected chi connectivity index (χ3v) is 3.77. The zero-order chi connectivity index (χ0) is 20.9.